The van der Waals surface area contributed by atoms with Gasteiger partial charge in [-0.15, -0.1) is 0 Å². The second kappa shape index (κ2) is 8.42. The fourth-order valence-corrected chi connectivity index (χ4v) is 7.01. The van der Waals surface area contributed by atoms with Crippen molar-refractivity contribution in [3.8, 4) is 0 Å². The van der Waals surface area contributed by atoms with E-state index in [1.165, 1.54) is 0 Å². The van der Waals surface area contributed by atoms with Crippen LogP contribution in [0.1, 0.15) is 12.8 Å². The summed E-state index contributed by atoms with van der Waals surface area (Å²) >= 11 is 6.07. The third-order valence-electron chi connectivity index (χ3n) is 7.26. The van der Waals surface area contributed by atoms with Gasteiger partial charge in [0.1, 0.15) is 18.4 Å². The van der Waals surface area contributed by atoms with Crippen LogP contribution in [0.15, 0.2) is 59.9 Å². The smallest absolute Gasteiger partial charge is 0.243 e. The summed E-state index contributed by atoms with van der Waals surface area (Å²) in [5, 5.41) is 2.41. The Bertz CT molecular complexity index is 1310. The Balaban J connectivity index is 1.15. The first-order valence-electron chi connectivity index (χ1n) is 11.5. The largest absolute Gasteiger partial charge is 0.356 e. The highest BCUT2D eigenvalue weighted by Gasteiger charge is 2.49. The Hall–Kier alpha value is -2.30. The van der Waals surface area contributed by atoms with E-state index in [1.807, 2.05) is 24.3 Å². The Morgan fingerprint density at radius 1 is 1.00 bits per heavy atom. The summed E-state index contributed by atoms with van der Waals surface area (Å²) in [6, 6.07) is 12.6. The minimum Gasteiger partial charge on any atom is -0.356 e. The predicted octanol–water partition coefficient (Wildman–Crippen LogP) is 2.99. The standard InChI is InChI=1S/C24H26ClN5O3S/c25-20-3-1-19-14-21(4-2-18(19)13-20)34(31,32)30-12-11-29-16-24(33-23(29)15-30)6-9-28(10-7-24)22-5-8-26-17-27-22/h1-5,8,13-14,17,23H,6-7,9-12,15-16H2. The topological polar surface area (TPSA) is 78.9 Å². The number of benzene rings is 2. The number of piperidine rings is 1. The van der Waals surface area contributed by atoms with Gasteiger partial charge in [-0.1, -0.05) is 23.7 Å². The van der Waals surface area contributed by atoms with Crippen molar-refractivity contribution in [2.45, 2.75) is 29.6 Å². The maximum atomic E-state index is 13.5. The van der Waals surface area contributed by atoms with Crippen LogP contribution in [0.25, 0.3) is 10.8 Å². The van der Waals surface area contributed by atoms with E-state index in [0.29, 0.717) is 29.6 Å². The summed E-state index contributed by atoms with van der Waals surface area (Å²) in [7, 11) is -3.62. The highest BCUT2D eigenvalue weighted by molar-refractivity contribution is 7.89. The maximum absolute atomic E-state index is 13.5. The zero-order chi connectivity index (χ0) is 23.3. The van der Waals surface area contributed by atoms with E-state index in [-0.39, 0.29) is 11.8 Å². The van der Waals surface area contributed by atoms with Crippen molar-refractivity contribution in [1.82, 2.24) is 19.2 Å². The molecule has 0 aliphatic carbocycles. The van der Waals surface area contributed by atoms with Gasteiger partial charge in [0.25, 0.3) is 0 Å². The number of hydrogen-bond donors (Lipinski definition) is 0. The van der Waals surface area contributed by atoms with Crippen molar-refractivity contribution >= 4 is 38.2 Å². The number of sulfonamides is 1. The second-order valence-electron chi connectivity index (χ2n) is 9.30. The summed E-state index contributed by atoms with van der Waals surface area (Å²) in [5.74, 6) is 0.940. The third kappa shape index (κ3) is 3.95. The normalized spacial score (nSPS) is 23.4. The van der Waals surface area contributed by atoms with Crippen molar-refractivity contribution < 1.29 is 13.2 Å². The molecule has 1 aromatic heterocycles. The van der Waals surface area contributed by atoms with Gasteiger partial charge in [0.15, 0.2) is 0 Å². The highest BCUT2D eigenvalue weighted by atomic mass is 35.5. The third-order valence-corrected chi connectivity index (χ3v) is 9.35. The van der Waals surface area contributed by atoms with Gasteiger partial charge >= 0.3 is 0 Å². The van der Waals surface area contributed by atoms with Crippen LogP contribution in [0.5, 0.6) is 0 Å². The van der Waals surface area contributed by atoms with Gasteiger partial charge < -0.3 is 9.64 Å². The molecule has 3 fully saturated rings. The molecule has 1 atom stereocenters. The van der Waals surface area contributed by atoms with E-state index in [1.54, 1.807) is 35.0 Å². The van der Waals surface area contributed by atoms with Crippen LogP contribution in [0.2, 0.25) is 5.02 Å². The lowest BCUT2D eigenvalue weighted by Crippen LogP contribution is -2.52. The van der Waals surface area contributed by atoms with Gasteiger partial charge in [-0.05, 0) is 53.9 Å². The molecule has 0 radical (unpaired) electrons. The molecule has 4 heterocycles. The Morgan fingerprint density at radius 3 is 2.59 bits per heavy atom. The number of aromatic nitrogens is 2. The number of piperazine rings is 1. The number of ether oxygens (including phenoxy) is 1. The van der Waals surface area contributed by atoms with Crippen molar-refractivity contribution in [2.24, 2.45) is 0 Å². The van der Waals surface area contributed by atoms with E-state index in [9.17, 15) is 8.42 Å². The predicted molar refractivity (Wildman–Crippen MR) is 130 cm³/mol. The summed E-state index contributed by atoms with van der Waals surface area (Å²) in [5.41, 5.74) is -0.226. The van der Waals surface area contributed by atoms with E-state index in [0.717, 1.165) is 49.1 Å². The first-order chi connectivity index (χ1) is 16.4. The second-order valence-corrected chi connectivity index (χ2v) is 11.7. The fourth-order valence-electron chi connectivity index (χ4n) is 5.37. The van der Waals surface area contributed by atoms with Gasteiger partial charge in [-0.25, -0.2) is 18.4 Å². The van der Waals surface area contributed by atoms with Gasteiger partial charge in [-0.3, -0.25) is 4.90 Å². The number of rotatable bonds is 3. The van der Waals surface area contributed by atoms with Crippen LogP contribution in [0.4, 0.5) is 5.82 Å². The first-order valence-corrected chi connectivity index (χ1v) is 13.4. The van der Waals surface area contributed by atoms with Crippen molar-refractivity contribution in [3.05, 3.63) is 60.0 Å². The van der Waals surface area contributed by atoms with Gasteiger partial charge in [0.05, 0.1) is 17.0 Å². The molecule has 0 amide bonds. The van der Waals surface area contributed by atoms with E-state index in [2.05, 4.69) is 19.8 Å². The van der Waals surface area contributed by atoms with Crippen LogP contribution in [-0.4, -0.2) is 78.7 Å². The number of fused-ring (bicyclic) bond motifs is 2. The van der Waals surface area contributed by atoms with Gasteiger partial charge in [0, 0.05) is 43.9 Å². The van der Waals surface area contributed by atoms with Crippen molar-refractivity contribution in [1.29, 1.82) is 0 Å². The summed E-state index contributed by atoms with van der Waals surface area (Å²) in [4.78, 5) is 13.2. The average molecular weight is 500 g/mol. The monoisotopic (exact) mass is 499 g/mol. The number of nitrogens with zero attached hydrogens (tertiary/aromatic N) is 5. The lowest BCUT2D eigenvalue weighted by Gasteiger charge is -2.39. The quantitative estimate of drug-likeness (QED) is 0.548. The molecule has 34 heavy (non-hydrogen) atoms. The molecule has 10 heteroatoms. The molecular weight excluding hydrogens is 474 g/mol. The lowest BCUT2D eigenvalue weighted by atomic mass is 9.91. The first kappa shape index (κ1) is 22.2. The molecule has 2 aromatic carbocycles. The Kier molecular flexibility index (Phi) is 5.50. The van der Waals surface area contributed by atoms with Crippen LogP contribution in [-0.2, 0) is 14.8 Å². The van der Waals surface area contributed by atoms with Crippen molar-refractivity contribution in [2.75, 3.05) is 44.2 Å². The van der Waals surface area contributed by atoms with E-state index >= 15 is 0 Å². The SMILES string of the molecule is O=S(=O)(c1ccc2cc(Cl)ccc2c1)N1CCN2CC3(CCN(c4ccncn4)CC3)OC2C1. The summed E-state index contributed by atoms with van der Waals surface area (Å²) in [6.07, 6.45) is 4.91. The fraction of sp³-hybridized carbons (Fsp3) is 0.417. The van der Waals surface area contributed by atoms with Crippen LogP contribution < -0.4 is 4.90 Å². The molecule has 1 spiro atoms. The number of halogens is 1. The molecule has 0 bridgehead atoms. The Morgan fingerprint density at radius 2 is 1.79 bits per heavy atom. The Labute approximate surface area is 204 Å². The molecule has 8 nitrogen and oxygen atoms in total. The molecule has 178 valence electrons. The molecule has 1 unspecified atom stereocenters. The lowest BCUT2D eigenvalue weighted by molar-refractivity contribution is -0.0822. The molecule has 0 N–H and O–H groups in total. The van der Waals surface area contributed by atoms with E-state index < -0.39 is 10.0 Å². The van der Waals surface area contributed by atoms with Gasteiger partial charge in [-0.2, -0.15) is 4.31 Å². The molecule has 3 aliphatic rings. The van der Waals surface area contributed by atoms with Crippen LogP contribution in [0.3, 0.4) is 0 Å². The minimum absolute atomic E-state index is 0.214. The maximum Gasteiger partial charge on any atom is 0.243 e. The van der Waals surface area contributed by atoms with Crippen LogP contribution in [0, 0.1) is 0 Å². The minimum atomic E-state index is -3.62. The summed E-state index contributed by atoms with van der Waals surface area (Å²) in [6.45, 7) is 4.05. The number of anilines is 1. The van der Waals surface area contributed by atoms with E-state index in [4.69, 9.17) is 16.3 Å². The molecule has 6 rings (SSSR count). The van der Waals surface area contributed by atoms with Gasteiger partial charge in [0.2, 0.25) is 10.0 Å². The molecule has 3 aliphatic heterocycles. The zero-order valence-corrected chi connectivity index (χ0v) is 20.2. The molecular formula is C24H26ClN5O3S. The molecule has 3 aromatic rings. The molecule has 3 saturated heterocycles. The van der Waals surface area contributed by atoms with Crippen LogP contribution >= 0.6 is 11.6 Å². The molecule has 0 saturated carbocycles. The average Bonchev–Trinajstić information content (AvgIpc) is 3.21. The summed E-state index contributed by atoms with van der Waals surface area (Å²) < 4.78 is 35.1. The van der Waals surface area contributed by atoms with Crippen molar-refractivity contribution in [3.63, 3.8) is 0 Å². The highest BCUT2D eigenvalue weighted by Crippen LogP contribution is 2.38. The number of hydrogen-bond acceptors (Lipinski definition) is 7. The zero-order valence-electron chi connectivity index (χ0n) is 18.7.